The zero-order valence-electron chi connectivity index (χ0n) is 11.3. The number of nitrogens with zero attached hydrogens (tertiary/aromatic N) is 1. The average molecular weight is 224 g/mol. The number of nitrogens with one attached hydrogen (secondary N) is 1. The highest BCUT2D eigenvalue weighted by atomic mass is 15.2. The van der Waals surface area contributed by atoms with Gasteiger partial charge in [0.05, 0.1) is 0 Å². The van der Waals surface area contributed by atoms with Gasteiger partial charge in [0.1, 0.15) is 0 Å². The topological polar surface area (TPSA) is 15.3 Å². The van der Waals surface area contributed by atoms with Crippen LogP contribution in [0.1, 0.15) is 46.5 Å². The van der Waals surface area contributed by atoms with E-state index in [4.69, 9.17) is 0 Å². The van der Waals surface area contributed by atoms with Crippen LogP contribution in [0.2, 0.25) is 0 Å². The van der Waals surface area contributed by atoms with E-state index in [9.17, 15) is 0 Å². The van der Waals surface area contributed by atoms with Crippen LogP contribution in [-0.2, 0) is 0 Å². The smallest absolute Gasteiger partial charge is 0.0224 e. The summed E-state index contributed by atoms with van der Waals surface area (Å²) in [6, 6.07) is 0.736. The van der Waals surface area contributed by atoms with Gasteiger partial charge < -0.3 is 5.32 Å². The van der Waals surface area contributed by atoms with Crippen LogP contribution >= 0.6 is 0 Å². The molecule has 1 N–H and O–H groups in total. The molecule has 1 unspecified atom stereocenters. The van der Waals surface area contributed by atoms with E-state index in [1.165, 1.54) is 38.8 Å². The molecule has 0 aromatic rings. The van der Waals surface area contributed by atoms with Gasteiger partial charge in [0.2, 0.25) is 0 Å². The molecule has 1 heterocycles. The summed E-state index contributed by atoms with van der Waals surface area (Å²) in [5, 5.41) is 3.57. The second-order valence-corrected chi connectivity index (χ2v) is 4.96. The summed E-state index contributed by atoms with van der Waals surface area (Å²) >= 11 is 0. The Morgan fingerprint density at radius 2 is 2.19 bits per heavy atom. The number of hydrogen-bond acceptors (Lipinski definition) is 2. The minimum atomic E-state index is 0.736. The Morgan fingerprint density at radius 3 is 2.81 bits per heavy atom. The van der Waals surface area contributed by atoms with Crippen LogP contribution in [0.5, 0.6) is 0 Å². The maximum atomic E-state index is 3.57. The molecule has 0 amide bonds. The Kier molecular flexibility index (Phi) is 6.74. The van der Waals surface area contributed by atoms with Crippen LogP contribution in [0.4, 0.5) is 0 Å². The lowest BCUT2D eigenvalue weighted by Gasteiger charge is -2.34. The average Bonchev–Trinajstić information content (AvgIpc) is 2.28. The molecule has 0 fully saturated rings. The summed E-state index contributed by atoms with van der Waals surface area (Å²) in [6.07, 6.45) is 7.47. The van der Waals surface area contributed by atoms with E-state index in [1.807, 2.05) is 0 Å². The fourth-order valence-corrected chi connectivity index (χ4v) is 2.44. The molecule has 1 atom stereocenters. The van der Waals surface area contributed by atoms with Gasteiger partial charge in [-0.05, 0) is 32.7 Å². The van der Waals surface area contributed by atoms with Gasteiger partial charge in [0, 0.05) is 25.7 Å². The monoisotopic (exact) mass is 224 g/mol. The van der Waals surface area contributed by atoms with Crippen molar-refractivity contribution in [2.24, 2.45) is 0 Å². The van der Waals surface area contributed by atoms with Crippen molar-refractivity contribution in [1.29, 1.82) is 0 Å². The molecule has 0 aromatic heterocycles. The first kappa shape index (κ1) is 13.7. The highest BCUT2D eigenvalue weighted by Gasteiger charge is 2.19. The maximum absolute atomic E-state index is 3.57. The summed E-state index contributed by atoms with van der Waals surface area (Å²) in [6.45, 7) is 11.5. The van der Waals surface area contributed by atoms with Crippen LogP contribution in [-0.4, -0.2) is 37.1 Å². The second-order valence-electron chi connectivity index (χ2n) is 4.96. The van der Waals surface area contributed by atoms with Crippen LogP contribution in [0.3, 0.4) is 0 Å². The molecule has 94 valence electrons. The first-order chi connectivity index (χ1) is 7.77. The van der Waals surface area contributed by atoms with Gasteiger partial charge in [-0.25, -0.2) is 0 Å². The minimum absolute atomic E-state index is 0.736. The molecule has 0 spiro atoms. The van der Waals surface area contributed by atoms with Crippen molar-refractivity contribution in [2.75, 3.05) is 26.2 Å². The van der Waals surface area contributed by atoms with Gasteiger partial charge in [-0.3, -0.25) is 4.90 Å². The molecular formula is C14H28N2. The van der Waals surface area contributed by atoms with Crippen molar-refractivity contribution < 1.29 is 0 Å². The third-order valence-corrected chi connectivity index (χ3v) is 3.31. The maximum Gasteiger partial charge on any atom is 0.0224 e. The quantitative estimate of drug-likeness (QED) is 0.528. The Hall–Kier alpha value is -0.340. The van der Waals surface area contributed by atoms with Gasteiger partial charge >= 0.3 is 0 Å². The van der Waals surface area contributed by atoms with E-state index >= 15 is 0 Å². The van der Waals surface area contributed by atoms with E-state index < -0.39 is 0 Å². The Morgan fingerprint density at radius 1 is 1.38 bits per heavy atom. The molecule has 16 heavy (non-hydrogen) atoms. The Balaban J connectivity index is 2.39. The van der Waals surface area contributed by atoms with Gasteiger partial charge in [0.15, 0.2) is 0 Å². The van der Waals surface area contributed by atoms with Crippen LogP contribution in [0.25, 0.3) is 0 Å². The first-order valence-corrected chi connectivity index (χ1v) is 6.88. The molecule has 1 aliphatic heterocycles. The fourth-order valence-electron chi connectivity index (χ4n) is 2.44. The summed E-state index contributed by atoms with van der Waals surface area (Å²) in [7, 11) is 0. The third-order valence-electron chi connectivity index (χ3n) is 3.31. The molecule has 0 aliphatic carbocycles. The predicted octanol–water partition coefficient (Wildman–Crippen LogP) is 2.81. The van der Waals surface area contributed by atoms with Gasteiger partial charge in [-0.1, -0.05) is 31.9 Å². The number of hydrogen-bond donors (Lipinski definition) is 1. The Bertz CT molecular complexity index is 211. The van der Waals surface area contributed by atoms with Gasteiger partial charge in [-0.15, -0.1) is 0 Å². The molecule has 0 saturated heterocycles. The van der Waals surface area contributed by atoms with E-state index in [1.54, 1.807) is 5.57 Å². The molecule has 2 nitrogen and oxygen atoms in total. The standard InChI is InChI=1S/C14H28N2/c1-4-7-14(11-15-9-5-2)16-10-6-8-13(3)12-16/h8,14-15H,4-7,9-12H2,1-3H3. The third kappa shape index (κ3) is 4.67. The second kappa shape index (κ2) is 7.86. The van der Waals surface area contributed by atoms with Crippen molar-refractivity contribution in [3.8, 4) is 0 Å². The SMILES string of the molecule is CCCNCC(CCC)N1CCC=C(C)C1. The van der Waals surface area contributed by atoms with Gasteiger partial charge in [-0.2, -0.15) is 0 Å². The summed E-state index contributed by atoms with van der Waals surface area (Å²) in [5.74, 6) is 0. The predicted molar refractivity (Wildman–Crippen MR) is 71.8 cm³/mol. The lowest BCUT2D eigenvalue weighted by atomic mass is 10.1. The van der Waals surface area contributed by atoms with Crippen molar-refractivity contribution in [3.05, 3.63) is 11.6 Å². The van der Waals surface area contributed by atoms with Gasteiger partial charge in [0.25, 0.3) is 0 Å². The number of rotatable bonds is 7. The Labute approximate surface area is 101 Å². The molecule has 0 radical (unpaired) electrons. The highest BCUT2D eigenvalue weighted by Crippen LogP contribution is 2.15. The first-order valence-electron chi connectivity index (χ1n) is 6.88. The van der Waals surface area contributed by atoms with Crippen molar-refractivity contribution in [3.63, 3.8) is 0 Å². The van der Waals surface area contributed by atoms with Crippen LogP contribution in [0, 0.1) is 0 Å². The molecule has 0 aromatic carbocycles. The molecular weight excluding hydrogens is 196 g/mol. The molecule has 2 heteroatoms. The molecule has 0 bridgehead atoms. The zero-order valence-corrected chi connectivity index (χ0v) is 11.3. The summed E-state index contributed by atoms with van der Waals surface area (Å²) < 4.78 is 0. The van der Waals surface area contributed by atoms with Crippen LogP contribution < -0.4 is 5.32 Å². The fraction of sp³-hybridized carbons (Fsp3) is 0.857. The largest absolute Gasteiger partial charge is 0.315 e. The van der Waals surface area contributed by atoms with Crippen molar-refractivity contribution in [1.82, 2.24) is 10.2 Å². The van der Waals surface area contributed by atoms with Crippen molar-refractivity contribution in [2.45, 2.75) is 52.5 Å². The lowest BCUT2D eigenvalue weighted by Crippen LogP contribution is -2.44. The van der Waals surface area contributed by atoms with E-state index in [0.717, 1.165) is 19.1 Å². The molecule has 1 rings (SSSR count). The van der Waals surface area contributed by atoms with Crippen molar-refractivity contribution >= 4 is 0 Å². The van der Waals surface area contributed by atoms with Crippen LogP contribution in [0.15, 0.2) is 11.6 Å². The molecule has 0 saturated carbocycles. The summed E-state index contributed by atoms with van der Waals surface area (Å²) in [4.78, 5) is 2.65. The summed E-state index contributed by atoms with van der Waals surface area (Å²) in [5.41, 5.74) is 1.54. The van der Waals surface area contributed by atoms with E-state index in [0.29, 0.717) is 0 Å². The minimum Gasteiger partial charge on any atom is -0.315 e. The van der Waals surface area contributed by atoms with E-state index in [2.05, 4.69) is 37.1 Å². The molecule has 1 aliphatic rings. The van der Waals surface area contributed by atoms with E-state index in [-0.39, 0.29) is 0 Å². The lowest BCUT2D eigenvalue weighted by molar-refractivity contribution is 0.192. The zero-order chi connectivity index (χ0) is 11.8. The highest BCUT2D eigenvalue weighted by molar-refractivity contribution is 5.05. The normalized spacial score (nSPS) is 19.6.